The SMILES string of the molecule is Cc1ccc(NC(=O)Cc2ccc3[nH]ccc3c2)cc1Cl. The van der Waals surface area contributed by atoms with E-state index in [0.29, 0.717) is 11.4 Å². The van der Waals surface area contributed by atoms with E-state index < -0.39 is 0 Å². The zero-order chi connectivity index (χ0) is 14.8. The molecule has 0 aliphatic rings. The first kappa shape index (κ1) is 13.7. The summed E-state index contributed by atoms with van der Waals surface area (Å²) in [7, 11) is 0. The molecule has 1 heterocycles. The Morgan fingerprint density at radius 2 is 2.05 bits per heavy atom. The standard InChI is InChI=1S/C17H15ClN2O/c1-11-2-4-14(10-15(11)18)20-17(21)9-12-3-5-16-13(8-12)6-7-19-16/h2-8,10,19H,9H2,1H3,(H,20,21). The number of halogens is 1. The van der Waals surface area contributed by atoms with Crippen LogP contribution in [0.1, 0.15) is 11.1 Å². The van der Waals surface area contributed by atoms with Gasteiger partial charge < -0.3 is 10.3 Å². The Balaban J connectivity index is 1.71. The molecule has 0 atom stereocenters. The van der Waals surface area contributed by atoms with Crippen LogP contribution in [-0.4, -0.2) is 10.9 Å². The average molecular weight is 299 g/mol. The fourth-order valence-corrected chi connectivity index (χ4v) is 2.45. The lowest BCUT2D eigenvalue weighted by molar-refractivity contribution is -0.115. The Bertz CT molecular complexity index is 807. The molecule has 2 N–H and O–H groups in total. The van der Waals surface area contributed by atoms with Crippen molar-refractivity contribution in [1.82, 2.24) is 4.98 Å². The van der Waals surface area contributed by atoms with Gasteiger partial charge in [0.15, 0.2) is 0 Å². The van der Waals surface area contributed by atoms with E-state index in [1.165, 1.54) is 0 Å². The van der Waals surface area contributed by atoms with Crippen LogP contribution in [0.4, 0.5) is 5.69 Å². The molecule has 0 spiro atoms. The van der Waals surface area contributed by atoms with Crippen molar-refractivity contribution in [2.24, 2.45) is 0 Å². The van der Waals surface area contributed by atoms with Crippen LogP contribution in [0, 0.1) is 6.92 Å². The number of amides is 1. The number of aryl methyl sites for hydroxylation is 1. The third kappa shape index (κ3) is 3.09. The van der Waals surface area contributed by atoms with Crippen molar-refractivity contribution in [3.8, 4) is 0 Å². The Labute approximate surface area is 127 Å². The second-order valence-corrected chi connectivity index (χ2v) is 5.50. The van der Waals surface area contributed by atoms with E-state index in [1.54, 1.807) is 6.07 Å². The Morgan fingerprint density at radius 1 is 1.19 bits per heavy atom. The highest BCUT2D eigenvalue weighted by Crippen LogP contribution is 2.20. The van der Waals surface area contributed by atoms with Crippen molar-refractivity contribution in [2.75, 3.05) is 5.32 Å². The molecule has 0 saturated carbocycles. The number of rotatable bonds is 3. The lowest BCUT2D eigenvalue weighted by Gasteiger charge is -2.07. The van der Waals surface area contributed by atoms with E-state index in [-0.39, 0.29) is 5.91 Å². The third-order valence-corrected chi connectivity index (χ3v) is 3.85. The monoisotopic (exact) mass is 298 g/mol. The Kier molecular flexibility index (Phi) is 3.67. The predicted octanol–water partition coefficient (Wildman–Crippen LogP) is 4.31. The van der Waals surface area contributed by atoms with Crippen LogP contribution in [0.15, 0.2) is 48.7 Å². The highest BCUT2D eigenvalue weighted by Gasteiger charge is 2.06. The summed E-state index contributed by atoms with van der Waals surface area (Å²) >= 11 is 6.06. The van der Waals surface area contributed by atoms with Gasteiger partial charge in [-0.2, -0.15) is 0 Å². The van der Waals surface area contributed by atoms with Crippen LogP contribution >= 0.6 is 11.6 Å². The van der Waals surface area contributed by atoms with Crippen molar-refractivity contribution in [3.05, 3.63) is 64.8 Å². The summed E-state index contributed by atoms with van der Waals surface area (Å²) in [5.74, 6) is -0.0511. The molecule has 0 saturated heterocycles. The molecular weight excluding hydrogens is 284 g/mol. The molecule has 3 nitrogen and oxygen atoms in total. The van der Waals surface area contributed by atoms with Gasteiger partial charge in [-0.1, -0.05) is 23.7 Å². The molecule has 1 amide bonds. The molecule has 3 rings (SSSR count). The number of anilines is 1. The molecule has 106 valence electrons. The summed E-state index contributed by atoms with van der Waals surface area (Å²) in [4.78, 5) is 15.2. The van der Waals surface area contributed by atoms with Gasteiger partial charge >= 0.3 is 0 Å². The number of H-pyrrole nitrogens is 1. The van der Waals surface area contributed by atoms with E-state index in [1.807, 2.05) is 49.5 Å². The fourth-order valence-electron chi connectivity index (χ4n) is 2.27. The number of hydrogen-bond donors (Lipinski definition) is 2. The van der Waals surface area contributed by atoms with Crippen LogP contribution in [0.2, 0.25) is 5.02 Å². The highest BCUT2D eigenvalue weighted by molar-refractivity contribution is 6.31. The van der Waals surface area contributed by atoms with Crippen LogP contribution in [0.25, 0.3) is 10.9 Å². The minimum absolute atomic E-state index is 0.0511. The molecule has 0 radical (unpaired) electrons. The number of carbonyl (C=O) groups excluding carboxylic acids is 1. The van der Waals surface area contributed by atoms with Gasteiger partial charge in [0.1, 0.15) is 0 Å². The maximum absolute atomic E-state index is 12.1. The minimum Gasteiger partial charge on any atom is -0.361 e. The lowest BCUT2D eigenvalue weighted by Crippen LogP contribution is -2.14. The van der Waals surface area contributed by atoms with Gasteiger partial charge in [-0.15, -0.1) is 0 Å². The molecule has 1 aromatic heterocycles. The summed E-state index contributed by atoms with van der Waals surface area (Å²) in [5.41, 5.74) is 3.77. The van der Waals surface area contributed by atoms with Crippen molar-refractivity contribution in [3.63, 3.8) is 0 Å². The summed E-state index contributed by atoms with van der Waals surface area (Å²) in [5, 5.41) is 4.63. The molecule has 4 heteroatoms. The normalized spacial score (nSPS) is 10.8. The Morgan fingerprint density at radius 3 is 2.86 bits per heavy atom. The largest absolute Gasteiger partial charge is 0.361 e. The first-order chi connectivity index (χ1) is 10.1. The molecule has 2 aromatic carbocycles. The van der Waals surface area contributed by atoms with Gasteiger partial charge in [-0.05, 0) is 53.8 Å². The van der Waals surface area contributed by atoms with E-state index in [4.69, 9.17) is 11.6 Å². The summed E-state index contributed by atoms with van der Waals surface area (Å²) < 4.78 is 0. The number of aromatic nitrogens is 1. The molecule has 3 aromatic rings. The van der Waals surface area contributed by atoms with Crippen LogP contribution < -0.4 is 5.32 Å². The van der Waals surface area contributed by atoms with Gasteiger partial charge in [0.25, 0.3) is 0 Å². The number of aromatic amines is 1. The number of hydrogen-bond acceptors (Lipinski definition) is 1. The molecule has 0 unspecified atom stereocenters. The zero-order valence-corrected chi connectivity index (χ0v) is 12.4. The predicted molar refractivity (Wildman–Crippen MR) is 86.8 cm³/mol. The maximum atomic E-state index is 12.1. The molecular formula is C17H15ClN2O. The first-order valence-corrected chi connectivity index (χ1v) is 7.11. The van der Waals surface area contributed by atoms with Gasteiger partial charge in [-0.3, -0.25) is 4.79 Å². The zero-order valence-electron chi connectivity index (χ0n) is 11.6. The maximum Gasteiger partial charge on any atom is 0.228 e. The van der Waals surface area contributed by atoms with E-state index in [2.05, 4.69) is 10.3 Å². The number of fused-ring (bicyclic) bond motifs is 1. The second kappa shape index (κ2) is 5.62. The quantitative estimate of drug-likeness (QED) is 0.743. The fraction of sp³-hybridized carbons (Fsp3) is 0.118. The van der Waals surface area contributed by atoms with Gasteiger partial charge in [0.05, 0.1) is 6.42 Å². The number of benzene rings is 2. The third-order valence-electron chi connectivity index (χ3n) is 3.44. The van der Waals surface area contributed by atoms with E-state index in [0.717, 1.165) is 27.7 Å². The van der Waals surface area contributed by atoms with Crippen LogP contribution in [-0.2, 0) is 11.2 Å². The summed E-state index contributed by atoms with van der Waals surface area (Å²) in [6, 6.07) is 13.5. The van der Waals surface area contributed by atoms with Crippen molar-refractivity contribution in [1.29, 1.82) is 0 Å². The summed E-state index contributed by atoms with van der Waals surface area (Å²) in [6.45, 7) is 1.93. The molecule has 21 heavy (non-hydrogen) atoms. The van der Waals surface area contributed by atoms with Crippen LogP contribution in [0.3, 0.4) is 0 Å². The van der Waals surface area contributed by atoms with Crippen molar-refractivity contribution < 1.29 is 4.79 Å². The minimum atomic E-state index is -0.0511. The van der Waals surface area contributed by atoms with Gasteiger partial charge in [0.2, 0.25) is 5.91 Å². The average Bonchev–Trinajstić information content (AvgIpc) is 2.90. The second-order valence-electron chi connectivity index (χ2n) is 5.09. The van der Waals surface area contributed by atoms with Gasteiger partial charge in [-0.25, -0.2) is 0 Å². The molecule has 0 aliphatic heterocycles. The van der Waals surface area contributed by atoms with Crippen molar-refractivity contribution in [2.45, 2.75) is 13.3 Å². The lowest BCUT2D eigenvalue weighted by atomic mass is 10.1. The summed E-state index contributed by atoms with van der Waals surface area (Å²) in [6.07, 6.45) is 2.23. The smallest absolute Gasteiger partial charge is 0.228 e. The van der Waals surface area contributed by atoms with Crippen LogP contribution in [0.5, 0.6) is 0 Å². The number of nitrogens with one attached hydrogen (secondary N) is 2. The molecule has 0 fully saturated rings. The topological polar surface area (TPSA) is 44.9 Å². The van der Waals surface area contributed by atoms with E-state index >= 15 is 0 Å². The molecule has 0 aliphatic carbocycles. The Hall–Kier alpha value is -2.26. The number of carbonyl (C=O) groups is 1. The molecule has 0 bridgehead atoms. The highest BCUT2D eigenvalue weighted by atomic mass is 35.5. The van der Waals surface area contributed by atoms with Crippen molar-refractivity contribution >= 4 is 34.1 Å². The van der Waals surface area contributed by atoms with Gasteiger partial charge in [0, 0.05) is 22.4 Å². The first-order valence-electron chi connectivity index (χ1n) is 6.74. The van der Waals surface area contributed by atoms with E-state index in [9.17, 15) is 4.79 Å².